The van der Waals surface area contributed by atoms with Gasteiger partial charge in [-0.2, -0.15) is 0 Å². The van der Waals surface area contributed by atoms with E-state index in [1.165, 1.54) is 0 Å². The topological polar surface area (TPSA) is 59.1 Å². The van der Waals surface area contributed by atoms with E-state index in [0.29, 0.717) is 0 Å². The molecule has 0 aliphatic carbocycles. The molecule has 3 nitrogen and oxygen atoms in total. The summed E-state index contributed by atoms with van der Waals surface area (Å²) in [7, 11) is 0. The highest BCUT2D eigenvalue weighted by Gasteiger charge is 1.90. The van der Waals surface area contributed by atoms with Crippen molar-refractivity contribution in [2.45, 2.75) is 20.0 Å². The van der Waals surface area contributed by atoms with Gasteiger partial charge in [0.2, 0.25) is 0 Å². The molecule has 0 saturated heterocycles. The molecule has 0 aromatic carbocycles. The van der Waals surface area contributed by atoms with Crippen molar-refractivity contribution in [1.82, 2.24) is 0 Å². The Hall–Kier alpha value is -0.730. The van der Waals surface area contributed by atoms with Gasteiger partial charge >= 0.3 is 0 Å². The van der Waals surface area contributed by atoms with Crippen LogP contribution in [0.5, 0.6) is 0 Å². The molecule has 7 heavy (non-hydrogen) atoms. The van der Waals surface area contributed by atoms with Crippen LogP contribution in [0.15, 0.2) is 0 Å². The summed E-state index contributed by atoms with van der Waals surface area (Å²) < 4.78 is 4.61. The molecule has 0 unspecified atom stereocenters. The maximum atomic E-state index is 6.58. The average Bonchev–Trinajstić information content (AvgIpc) is 1.27. The van der Waals surface area contributed by atoms with Crippen LogP contribution in [0, 0.1) is 5.41 Å². The van der Waals surface area contributed by atoms with Gasteiger partial charge in [-0.05, 0) is 13.8 Å². The Morgan fingerprint density at radius 2 is 2.14 bits per heavy atom. The Kier molecular flexibility index (Phi) is 2.19. The van der Waals surface area contributed by atoms with E-state index in [-0.39, 0.29) is 12.1 Å². The summed E-state index contributed by atoms with van der Waals surface area (Å²) >= 11 is 0. The molecule has 0 aromatic rings. The first-order valence-electron chi connectivity index (χ1n) is 2.13. The molecule has 42 valence electrons. The maximum Gasteiger partial charge on any atom is 0.279 e. The van der Waals surface area contributed by atoms with Gasteiger partial charge in [-0.1, -0.05) is 0 Å². The molecule has 0 spiro atoms. The number of nitrogens with one attached hydrogen (secondary N) is 1. The van der Waals surface area contributed by atoms with Crippen molar-refractivity contribution in [3.05, 3.63) is 0 Å². The summed E-state index contributed by atoms with van der Waals surface area (Å²) in [5, 5.41) is 6.58. The van der Waals surface area contributed by atoms with Gasteiger partial charge in [0.25, 0.3) is 6.02 Å². The van der Waals surface area contributed by atoms with Crippen molar-refractivity contribution in [3.63, 3.8) is 0 Å². The van der Waals surface area contributed by atoms with Crippen LogP contribution < -0.4 is 5.73 Å². The standard InChI is InChI=1S/C4H10N2O/c1-3(2)7-4(5)6/h3H,1-2H3,(H3,5,6). The van der Waals surface area contributed by atoms with E-state index in [0.717, 1.165) is 0 Å². The number of nitrogens with two attached hydrogens (primary N) is 1. The van der Waals surface area contributed by atoms with E-state index in [1.54, 1.807) is 0 Å². The highest BCUT2D eigenvalue weighted by atomic mass is 16.5. The molecule has 3 heteroatoms. The van der Waals surface area contributed by atoms with Crippen molar-refractivity contribution < 1.29 is 4.74 Å². The number of amidine groups is 1. The van der Waals surface area contributed by atoms with Gasteiger partial charge in [-0.25, -0.2) is 0 Å². The zero-order valence-electron chi connectivity index (χ0n) is 4.56. The van der Waals surface area contributed by atoms with E-state index in [9.17, 15) is 0 Å². The zero-order valence-corrected chi connectivity index (χ0v) is 4.56. The first-order chi connectivity index (χ1) is 3.13. The Balaban J connectivity index is 3.13. The van der Waals surface area contributed by atoms with E-state index in [4.69, 9.17) is 11.1 Å². The van der Waals surface area contributed by atoms with Crippen LogP contribution in [-0.4, -0.2) is 12.1 Å². The molecule has 0 heterocycles. The van der Waals surface area contributed by atoms with E-state index < -0.39 is 0 Å². The number of hydrogen-bond acceptors (Lipinski definition) is 2. The lowest BCUT2D eigenvalue weighted by Gasteiger charge is -2.04. The second-order valence-electron chi connectivity index (χ2n) is 1.53. The van der Waals surface area contributed by atoms with Crippen LogP contribution in [0.1, 0.15) is 13.8 Å². The normalized spacial score (nSPS) is 9.00. The SMILES string of the molecule is CC(C)OC(=N)N. The highest BCUT2D eigenvalue weighted by Crippen LogP contribution is 1.82. The Labute approximate surface area is 43.0 Å². The summed E-state index contributed by atoms with van der Waals surface area (Å²) in [6.07, 6.45) is 0.0255. The Bertz CT molecular complexity index is 70.1. The molecule has 0 fully saturated rings. The minimum absolute atomic E-state index is 0.0255. The Morgan fingerprint density at radius 3 is 2.14 bits per heavy atom. The van der Waals surface area contributed by atoms with Gasteiger partial charge in [-0.3, -0.25) is 5.41 Å². The predicted molar refractivity (Wildman–Crippen MR) is 28.1 cm³/mol. The van der Waals surface area contributed by atoms with E-state index in [1.807, 2.05) is 13.8 Å². The van der Waals surface area contributed by atoms with Crippen molar-refractivity contribution in [2.75, 3.05) is 0 Å². The molecular formula is C4H10N2O. The van der Waals surface area contributed by atoms with Crippen LogP contribution in [0.4, 0.5) is 0 Å². The number of rotatable bonds is 1. The Morgan fingerprint density at radius 1 is 1.71 bits per heavy atom. The van der Waals surface area contributed by atoms with Crippen molar-refractivity contribution in [3.8, 4) is 0 Å². The maximum absolute atomic E-state index is 6.58. The molecule has 0 aromatic heterocycles. The van der Waals surface area contributed by atoms with Crippen molar-refractivity contribution >= 4 is 6.02 Å². The van der Waals surface area contributed by atoms with Crippen LogP contribution in [0.25, 0.3) is 0 Å². The minimum Gasteiger partial charge on any atom is -0.463 e. The summed E-state index contributed by atoms with van der Waals surface area (Å²) in [4.78, 5) is 0. The lowest BCUT2D eigenvalue weighted by atomic mass is 10.5. The van der Waals surface area contributed by atoms with Gasteiger partial charge in [0, 0.05) is 0 Å². The largest absolute Gasteiger partial charge is 0.463 e. The third-order valence-corrected chi connectivity index (χ3v) is 0.363. The van der Waals surface area contributed by atoms with Gasteiger partial charge in [0.1, 0.15) is 0 Å². The molecule has 0 aliphatic heterocycles. The first kappa shape index (κ1) is 6.27. The molecule has 0 bridgehead atoms. The quantitative estimate of drug-likeness (QED) is 0.369. The number of hydrogen-bond donors (Lipinski definition) is 2. The van der Waals surface area contributed by atoms with Gasteiger partial charge < -0.3 is 10.5 Å². The van der Waals surface area contributed by atoms with Gasteiger partial charge in [0.15, 0.2) is 0 Å². The monoisotopic (exact) mass is 102 g/mol. The second kappa shape index (κ2) is 2.44. The highest BCUT2D eigenvalue weighted by molar-refractivity contribution is 5.67. The molecular weight excluding hydrogens is 92.1 g/mol. The molecule has 3 N–H and O–H groups in total. The number of ether oxygens (including phenoxy) is 1. The first-order valence-corrected chi connectivity index (χ1v) is 2.13. The zero-order chi connectivity index (χ0) is 5.86. The van der Waals surface area contributed by atoms with Crippen molar-refractivity contribution in [1.29, 1.82) is 5.41 Å². The lowest BCUT2D eigenvalue weighted by molar-refractivity contribution is 0.222. The molecule has 0 aliphatic rings. The fourth-order valence-corrected chi connectivity index (χ4v) is 0.254. The lowest BCUT2D eigenvalue weighted by Crippen LogP contribution is -2.18. The predicted octanol–water partition coefficient (Wildman–Crippen LogP) is 0.305. The third kappa shape index (κ3) is 5.27. The van der Waals surface area contributed by atoms with E-state index in [2.05, 4.69) is 4.74 Å². The van der Waals surface area contributed by atoms with Gasteiger partial charge in [-0.15, -0.1) is 0 Å². The molecule has 0 radical (unpaired) electrons. The summed E-state index contributed by atoms with van der Waals surface area (Å²) in [6, 6.07) is -0.213. The van der Waals surface area contributed by atoms with Crippen LogP contribution in [0.3, 0.4) is 0 Å². The van der Waals surface area contributed by atoms with Gasteiger partial charge in [0.05, 0.1) is 6.10 Å². The third-order valence-electron chi connectivity index (χ3n) is 0.363. The minimum atomic E-state index is -0.213. The fraction of sp³-hybridized carbons (Fsp3) is 0.750. The summed E-state index contributed by atoms with van der Waals surface area (Å²) in [5.74, 6) is 0. The molecule has 0 saturated carbocycles. The molecule has 0 amide bonds. The summed E-state index contributed by atoms with van der Waals surface area (Å²) in [5.41, 5.74) is 4.85. The van der Waals surface area contributed by atoms with Crippen molar-refractivity contribution in [2.24, 2.45) is 5.73 Å². The van der Waals surface area contributed by atoms with E-state index >= 15 is 0 Å². The average molecular weight is 102 g/mol. The van der Waals surface area contributed by atoms with Crippen LogP contribution in [-0.2, 0) is 4.74 Å². The molecule has 0 atom stereocenters. The molecule has 0 rings (SSSR count). The van der Waals surface area contributed by atoms with Crippen LogP contribution >= 0.6 is 0 Å². The summed E-state index contributed by atoms with van der Waals surface area (Å²) in [6.45, 7) is 3.64. The smallest absolute Gasteiger partial charge is 0.279 e. The fourth-order valence-electron chi connectivity index (χ4n) is 0.254. The second-order valence-corrected chi connectivity index (χ2v) is 1.53. The van der Waals surface area contributed by atoms with Crippen LogP contribution in [0.2, 0.25) is 0 Å².